The first-order chi connectivity index (χ1) is 19.7. The summed E-state index contributed by atoms with van der Waals surface area (Å²) in [5.41, 5.74) is 2.96. The molecular weight excluding hydrogens is 524 g/mol. The molecule has 0 aliphatic carbocycles. The fourth-order valence-corrected chi connectivity index (χ4v) is 5.57. The van der Waals surface area contributed by atoms with Crippen molar-refractivity contribution in [2.24, 2.45) is 0 Å². The molecule has 4 rings (SSSR count). The Labute approximate surface area is 242 Å². The van der Waals surface area contributed by atoms with Crippen molar-refractivity contribution < 1.29 is 28.4 Å². The van der Waals surface area contributed by atoms with Crippen molar-refractivity contribution in [1.82, 2.24) is 0 Å². The van der Waals surface area contributed by atoms with E-state index in [1.54, 1.807) is 24.9 Å². The highest BCUT2D eigenvalue weighted by Gasteiger charge is 2.48. The zero-order valence-electron chi connectivity index (χ0n) is 23.4. The Morgan fingerprint density at radius 3 is 1.85 bits per heavy atom. The molecule has 1 aliphatic rings. The molecule has 0 spiro atoms. The summed E-state index contributed by atoms with van der Waals surface area (Å²) in [6, 6.07) is 28.2. The molecule has 1 heterocycles. The lowest BCUT2D eigenvalue weighted by Gasteiger charge is -2.46. The van der Waals surface area contributed by atoms with Crippen LogP contribution in [0.5, 0.6) is 5.75 Å². The summed E-state index contributed by atoms with van der Waals surface area (Å²) in [5.74, 6) is 1.68. The number of methoxy groups -OCH3 is 1. The van der Waals surface area contributed by atoms with E-state index in [9.17, 15) is 0 Å². The number of hydrogen-bond acceptors (Lipinski definition) is 7. The smallest absolute Gasteiger partial charge is 0.132 e. The number of benzene rings is 3. The van der Waals surface area contributed by atoms with Gasteiger partial charge < -0.3 is 28.4 Å². The highest BCUT2D eigenvalue weighted by Crippen LogP contribution is 2.35. The van der Waals surface area contributed by atoms with Gasteiger partial charge in [0.25, 0.3) is 0 Å². The highest BCUT2D eigenvalue weighted by atomic mass is 32.2. The molecule has 3 aromatic carbocycles. The molecule has 7 heteroatoms. The first-order valence-electron chi connectivity index (χ1n) is 13.7. The predicted octanol–water partition coefficient (Wildman–Crippen LogP) is 6.43. The van der Waals surface area contributed by atoms with Gasteiger partial charge in [0.05, 0.1) is 40.1 Å². The standard InChI is InChI=1S/C33H40O6S/c1-4-20-35-24-29-30(36-21-25-12-8-6-9-13-25)31(37-22-26-14-10-7-11-15-26)32(33(39-29)40-5-2)38-23-27-16-18-28(34-3)19-17-27/h4,6-19,29-33H,1,5,20-24H2,2-3H3/t29-,30-,31+,32+,33-/m1/s1. The second-order valence-electron chi connectivity index (χ2n) is 9.47. The molecule has 1 aliphatic heterocycles. The molecule has 0 aromatic heterocycles. The van der Waals surface area contributed by atoms with Gasteiger partial charge in [0, 0.05) is 0 Å². The summed E-state index contributed by atoms with van der Waals surface area (Å²) in [6.45, 7) is 7.97. The second-order valence-corrected chi connectivity index (χ2v) is 10.8. The van der Waals surface area contributed by atoms with Gasteiger partial charge in [-0.2, -0.15) is 0 Å². The summed E-state index contributed by atoms with van der Waals surface area (Å²) < 4.78 is 37.7. The van der Waals surface area contributed by atoms with E-state index < -0.39 is 12.2 Å². The molecule has 0 N–H and O–H groups in total. The zero-order chi connectivity index (χ0) is 28.0. The van der Waals surface area contributed by atoms with E-state index in [-0.39, 0.29) is 17.6 Å². The van der Waals surface area contributed by atoms with Gasteiger partial charge >= 0.3 is 0 Å². The average Bonchev–Trinajstić information content (AvgIpc) is 3.00. The Hall–Kier alpha value is -2.65. The van der Waals surface area contributed by atoms with E-state index in [4.69, 9.17) is 28.4 Å². The van der Waals surface area contributed by atoms with Crippen molar-refractivity contribution in [3.8, 4) is 5.75 Å². The number of hydrogen-bond donors (Lipinski definition) is 0. The van der Waals surface area contributed by atoms with Crippen LogP contribution < -0.4 is 4.74 Å². The van der Waals surface area contributed by atoms with E-state index in [2.05, 4.69) is 37.8 Å². The maximum Gasteiger partial charge on any atom is 0.132 e. The Morgan fingerprint density at radius 1 is 0.750 bits per heavy atom. The van der Waals surface area contributed by atoms with E-state index >= 15 is 0 Å². The largest absolute Gasteiger partial charge is 0.497 e. The maximum absolute atomic E-state index is 6.68. The van der Waals surface area contributed by atoms with Crippen molar-refractivity contribution in [1.29, 1.82) is 0 Å². The third kappa shape index (κ3) is 8.93. The average molecular weight is 565 g/mol. The lowest BCUT2D eigenvalue weighted by atomic mass is 9.99. The fraction of sp³-hybridized carbons (Fsp3) is 0.394. The van der Waals surface area contributed by atoms with E-state index in [0.717, 1.165) is 28.2 Å². The Balaban J connectivity index is 1.60. The minimum absolute atomic E-state index is 0.252. The van der Waals surface area contributed by atoms with E-state index in [0.29, 0.717) is 33.0 Å². The molecule has 214 valence electrons. The van der Waals surface area contributed by atoms with Gasteiger partial charge in [-0.15, -0.1) is 18.3 Å². The van der Waals surface area contributed by atoms with Crippen molar-refractivity contribution in [3.05, 3.63) is 114 Å². The summed E-state index contributed by atoms with van der Waals surface area (Å²) in [4.78, 5) is 0. The molecule has 3 aromatic rings. The molecule has 0 saturated carbocycles. The van der Waals surface area contributed by atoms with Gasteiger partial charge in [-0.1, -0.05) is 85.8 Å². The number of ether oxygens (including phenoxy) is 6. The van der Waals surface area contributed by atoms with Crippen LogP contribution in [0.3, 0.4) is 0 Å². The minimum Gasteiger partial charge on any atom is -0.497 e. The molecule has 0 radical (unpaired) electrons. The molecular formula is C33H40O6S. The molecule has 5 atom stereocenters. The highest BCUT2D eigenvalue weighted by molar-refractivity contribution is 7.99. The van der Waals surface area contributed by atoms with Crippen molar-refractivity contribution >= 4 is 11.8 Å². The van der Waals surface area contributed by atoms with Gasteiger partial charge in [-0.3, -0.25) is 0 Å². The topological polar surface area (TPSA) is 55.4 Å². The van der Waals surface area contributed by atoms with Crippen LogP contribution in [0.1, 0.15) is 23.6 Å². The molecule has 6 nitrogen and oxygen atoms in total. The lowest BCUT2D eigenvalue weighted by Crippen LogP contribution is -2.60. The van der Waals surface area contributed by atoms with Crippen LogP contribution in [0.2, 0.25) is 0 Å². The van der Waals surface area contributed by atoms with Crippen molar-refractivity contribution in [3.63, 3.8) is 0 Å². The summed E-state index contributed by atoms with van der Waals surface area (Å²) in [6.07, 6.45) is 0.229. The molecule has 0 unspecified atom stereocenters. The maximum atomic E-state index is 6.68. The molecule has 0 bridgehead atoms. The van der Waals surface area contributed by atoms with Crippen molar-refractivity contribution in [2.75, 3.05) is 26.1 Å². The van der Waals surface area contributed by atoms with E-state index in [1.807, 2.05) is 60.7 Å². The van der Waals surface area contributed by atoms with Gasteiger partial charge in [0.2, 0.25) is 0 Å². The minimum atomic E-state index is -0.414. The van der Waals surface area contributed by atoms with Gasteiger partial charge in [-0.05, 0) is 34.6 Å². The summed E-state index contributed by atoms with van der Waals surface area (Å²) >= 11 is 1.71. The fourth-order valence-electron chi connectivity index (χ4n) is 4.59. The second kappa shape index (κ2) is 16.6. The first kappa shape index (κ1) is 30.3. The monoisotopic (exact) mass is 564 g/mol. The molecule has 1 saturated heterocycles. The third-order valence-corrected chi connectivity index (χ3v) is 7.65. The van der Waals surface area contributed by atoms with Crippen LogP contribution in [0.25, 0.3) is 0 Å². The molecule has 1 fully saturated rings. The number of thioether (sulfide) groups is 1. The normalized spacial score (nSPS) is 22.6. The molecule has 0 amide bonds. The van der Waals surface area contributed by atoms with Crippen LogP contribution in [0.4, 0.5) is 0 Å². The predicted molar refractivity (Wildman–Crippen MR) is 159 cm³/mol. The van der Waals surface area contributed by atoms with Gasteiger partial charge in [0.1, 0.15) is 35.6 Å². The van der Waals surface area contributed by atoms with Gasteiger partial charge in [-0.25, -0.2) is 0 Å². The lowest BCUT2D eigenvalue weighted by molar-refractivity contribution is -0.253. The SMILES string of the molecule is C=CCOC[C@H]1O[C@H](SCC)[C@@H](OCc2ccc(OC)cc2)[C@@H](OCc2ccccc2)[C@@H]1OCc1ccccc1. The Bertz CT molecular complexity index is 1110. The van der Waals surface area contributed by atoms with Crippen molar-refractivity contribution in [2.45, 2.75) is 56.6 Å². The van der Waals surface area contributed by atoms with Gasteiger partial charge in [0.15, 0.2) is 0 Å². The van der Waals surface area contributed by atoms with E-state index in [1.165, 1.54) is 0 Å². The molecule has 40 heavy (non-hydrogen) atoms. The van der Waals surface area contributed by atoms with Crippen LogP contribution >= 0.6 is 11.8 Å². The van der Waals surface area contributed by atoms with Crippen LogP contribution in [-0.4, -0.2) is 55.9 Å². The first-order valence-corrected chi connectivity index (χ1v) is 14.8. The number of rotatable bonds is 16. The third-order valence-electron chi connectivity index (χ3n) is 6.61. The van der Waals surface area contributed by atoms with Crippen LogP contribution in [0.15, 0.2) is 97.6 Å². The van der Waals surface area contributed by atoms with Crippen LogP contribution in [-0.2, 0) is 43.5 Å². The van der Waals surface area contributed by atoms with Crippen LogP contribution in [0, 0.1) is 0 Å². The quantitative estimate of drug-likeness (QED) is 0.147. The summed E-state index contributed by atoms with van der Waals surface area (Å²) in [5, 5.41) is 0. The Morgan fingerprint density at radius 2 is 1.30 bits per heavy atom. The zero-order valence-corrected chi connectivity index (χ0v) is 24.2. The summed E-state index contributed by atoms with van der Waals surface area (Å²) in [7, 11) is 1.66. The Kier molecular flexibility index (Phi) is 12.6.